The SMILES string of the molecule is CCOC(=O)c1[nH]c2ccc(I)cc2c1I.CCOC(=O)c1cc2ccccc2[nH]1. The molecular weight excluding hydrogens is 610 g/mol. The summed E-state index contributed by atoms with van der Waals surface area (Å²) in [5, 5.41) is 2.09. The molecule has 2 aromatic carbocycles. The normalized spacial score (nSPS) is 10.5. The van der Waals surface area contributed by atoms with E-state index in [4.69, 9.17) is 9.47 Å². The van der Waals surface area contributed by atoms with Crippen molar-refractivity contribution in [2.24, 2.45) is 0 Å². The second-order valence-electron chi connectivity index (χ2n) is 6.22. The average molecular weight is 630 g/mol. The molecule has 0 amide bonds. The fraction of sp³-hybridized carbons (Fsp3) is 0.182. The number of nitrogens with one attached hydrogen (secondary N) is 2. The number of hydrogen-bond acceptors (Lipinski definition) is 4. The lowest BCUT2D eigenvalue weighted by atomic mass is 10.2. The largest absolute Gasteiger partial charge is 0.461 e. The minimum absolute atomic E-state index is 0.293. The standard InChI is InChI=1S/C11H9I2NO2.C11H11NO2/c1-2-16-11(15)10-9(13)7-5-6(12)3-4-8(7)14-10;1-2-14-11(13)10-7-8-5-3-4-6-9(8)12-10/h3-5,14H,2H2,1H3;3-7,12H,2H2,1H3. The number of H-pyrrole nitrogens is 2. The molecule has 6 nitrogen and oxygen atoms in total. The summed E-state index contributed by atoms with van der Waals surface area (Å²) < 4.78 is 12.0. The first-order chi connectivity index (χ1) is 14.4. The van der Waals surface area contributed by atoms with Crippen molar-refractivity contribution in [2.75, 3.05) is 13.2 Å². The molecule has 0 saturated heterocycles. The molecule has 0 spiro atoms. The zero-order valence-corrected chi connectivity index (χ0v) is 20.7. The number of aromatic nitrogens is 2. The average Bonchev–Trinajstić information content (AvgIpc) is 3.31. The fourth-order valence-corrected chi connectivity index (χ4v) is 4.16. The van der Waals surface area contributed by atoms with Crippen LogP contribution in [0.5, 0.6) is 0 Å². The van der Waals surface area contributed by atoms with Gasteiger partial charge in [-0.05, 0) is 89.4 Å². The van der Waals surface area contributed by atoms with Crippen molar-refractivity contribution in [2.45, 2.75) is 13.8 Å². The molecule has 0 radical (unpaired) electrons. The van der Waals surface area contributed by atoms with Gasteiger partial charge in [0, 0.05) is 25.4 Å². The summed E-state index contributed by atoms with van der Waals surface area (Å²) in [6.45, 7) is 4.38. The van der Waals surface area contributed by atoms with Crippen LogP contribution in [0.1, 0.15) is 34.8 Å². The number of aromatic amines is 2. The van der Waals surface area contributed by atoms with Crippen LogP contribution in [0.15, 0.2) is 48.5 Å². The number of ether oxygens (including phenoxy) is 2. The van der Waals surface area contributed by atoms with Crippen molar-refractivity contribution in [3.63, 3.8) is 0 Å². The van der Waals surface area contributed by atoms with Crippen LogP contribution in [0.2, 0.25) is 0 Å². The number of rotatable bonds is 4. The van der Waals surface area contributed by atoms with Crippen molar-refractivity contribution in [3.8, 4) is 0 Å². The lowest BCUT2D eigenvalue weighted by molar-refractivity contribution is 0.0510. The van der Waals surface area contributed by atoms with Crippen LogP contribution in [0, 0.1) is 7.14 Å². The van der Waals surface area contributed by atoms with Gasteiger partial charge in [-0.3, -0.25) is 0 Å². The Morgan fingerprint density at radius 1 is 0.867 bits per heavy atom. The van der Waals surface area contributed by atoms with E-state index in [0.717, 1.165) is 28.9 Å². The fourth-order valence-electron chi connectivity index (χ4n) is 2.87. The molecule has 2 N–H and O–H groups in total. The van der Waals surface area contributed by atoms with Crippen molar-refractivity contribution in [1.29, 1.82) is 0 Å². The summed E-state index contributed by atoms with van der Waals surface area (Å²) in [6, 6.07) is 15.6. The summed E-state index contributed by atoms with van der Waals surface area (Å²) in [6.07, 6.45) is 0. The molecule has 156 valence electrons. The third-order valence-corrected chi connectivity index (χ3v) is 5.99. The van der Waals surface area contributed by atoms with Crippen LogP contribution in [0.3, 0.4) is 0 Å². The van der Waals surface area contributed by atoms with Crippen LogP contribution >= 0.6 is 45.2 Å². The Morgan fingerprint density at radius 2 is 1.57 bits per heavy atom. The zero-order chi connectivity index (χ0) is 21.7. The van der Waals surface area contributed by atoms with Crippen molar-refractivity contribution in [3.05, 3.63) is 67.1 Å². The molecule has 0 saturated carbocycles. The Hall–Kier alpha value is -2.08. The summed E-state index contributed by atoms with van der Waals surface area (Å²) >= 11 is 4.42. The first-order valence-electron chi connectivity index (χ1n) is 9.33. The summed E-state index contributed by atoms with van der Waals surface area (Å²) in [5.74, 6) is -0.596. The molecule has 30 heavy (non-hydrogen) atoms. The van der Waals surface area contributed by atoms with Gasteiger partial charge in [-0.25, -0.2) is 9.59 Å². The van der Waals surface area contributed by atoms with E-state index in [2.05, 4.69) is 61.2 Å². The van der Waals surface area contributed by atoms with Crippen molar-refractivity contribution < 1.29 is 19.1 Å². The molecule has 0 aliphatic rings. The molecule has 0 aliphatic carbocycles. The Kier molecular flexibility index (Phi) is 7.75. The van der Waals surface area contributed by atoms with Gasteiger partial charge in [0.25, 0.3) is 0 Å². The van der Waals surface area contributed by atoms with E-state index >= 15 is 0 Å². The molecule has 0 unspecified atom stereocenters. The minimum Gasteiger partial charge on any atom is -0.461 e. The lowest BCUT2D eigenvalue weighted by Gasteiger charge is -1.98. The smallest absolute Gasteiger partial charge is 0.355 e. The summed E-state index contributed by atoms with van der Waals surface area (Å²) in [4.78, 5) is 29.1. The number of esters is 2. The van der Waals surface area contributed by atoms with Crippen molar-refractivity contribution >= 4 is 78.9 Å². The predicted molar refractivity (Wildman–Crippen MR) is 134 cm³/mol. The molecule has 0 bridgehead atoms. The Morgan fingerprint density at radius 3 is 2.27 bits per heavy atom. The van der Waals surface area contributed by atoms with Crippen LogP contribution in [-0.4, -0.2) is 35.1 Å². The van der Waals surface area contributed by atoms with E-state index < -0.39 is 0 Å². The zero-order valence-electron chi connectivity index (χ0n) is 16.4. The van der Waals surface area contributed by atoms with Gasteiger partial charge in [-0.1, -0.05) is 18.2 Å². The minimum atomic E-state index is -0.302. The van der Waals surface area contributed by atoms with Gasteiger partial charge in [-0.15, -0.1) is 0 Å². The molecule has 0 fully saturated rings. The number of benzene rings is 2. The second kappa shape index (κ2) is 10.3. The van der Waals surface area contributed by atoms with Gasteiger partial charge in [0.1, 0.15) is 11.4 Å². The Balaban J connectivity index is 0.000000172. The van der Waals surface area contributed by atoms with E-state index in [-0.39, 0.29) is 11.9 Å². The highest BCUT2D eigenvalue weighted by atomic mass is 127. The topological polar surface area (TPSA) is 84.2 Å². The van der Waals surface area contributed by atoms with E-state index in [9.17, 15) is 9.59 Å². The number of halogens is 2. The first kappa shape index (κ1) is 22.6. The summed E-state index contributed by atoms with van der Waals surface area (Å²) in [7, 11) is 0. The van der Waals surface area contributed by atoms with E-state index in [1.54, 1.807) is 19.9 Å². The van der Waals surface area contributed by atoms with Gasteiger partial charge in [0.15, 0.2) is 0 Å². The van der Waals surface area contributed by atoms with Crippen LogP contribution in [0.25, 0.3) is 21.8 Å². The molecule has 2 aromatic heterocycles. The van der Waals surface area contributed by atoms with Gasteiger partial charge in [-0.2, -0.15) is 0 Å². The van der Waals surface area contributed by atoms with Crippen molar-refractivity contribution in [1.82, 2.24) is 9.97 Å². The molecule has 8 heteroatoms. The van der Waals surface area contributed by atoms with E-state index in [1.165, 1.54) is 0 Å². The first-order valence-corrected chi connectivity index (χ1v) is 11.5. The monoisotopic (exact) mass is 630 g/mol. The van der Waals surface area contributed by atoms with Gasteiger partial charge in [0.05, 0.1) is 16.8 Å². The Labute approximate surface area is 201 Å². The van der Waals surface area contributed by atoms with Gasteiger partial charge < -0.3 is 19.4 Å². The molecule has 0 aliphatic heterocycles. The molecular formula is C22H20I2N2O4. The molecule has 4 aromatic rings. The lowest BCUT2D eigenvalue weighted by Crippen LogP contribution is -2.06. The van der Waals surface area contributed by atoms with Crippen LogP contribution < -0.4 is 0 Å². The van der Waals surface area contributed by atoms with Gasteiger partial charge in [0.2, 0.25) is 0 Å². The van der Waals surface area contributed by atoms with E-state index in [0.29, 0.717) is 24.6 Å². The summed E-state index contributed by atoms with van der Waals surface area (Å²) in [5.41, 5.74) is 2.97. The maximum absolute atomic E-state index is 11.7. The maximum atomic E-state index is 11.7. The quantitative estimate of drug-likeness (QED) is 0.218. The molecule has 2 heterocycles. The Bertz CT molecular complexity index is 1160. The molecule has 4 rings (SSSR count). The second-order valence-corrected chi connectivity index (χ2v) is 8.54. The highest BCUT2D eigenvalue weighted by Crippen LogP contribution is 2.26. The van der Waals surface area contributed by atoms with Gasteiger partial charge >= 0.3 is 11.9 Å². The van der Waals surface area contributed by atoms with Crippen LogP contribution in [0.4, 0.5) is 0 Å². The number of hydrogen-bond donors (Lipinski definition) is 2. The molecule has 0 atom stereocenters. The number of para-hydroxylation sites is 1. The number of fused-ring (bicyclic) bond motifs is 2. The number of carbonyl (C=O) groups excluding carboxylic acids is 2. The third kappa shape index (κ3) is 5.15. The highest BCUT2D eigenvalue weighted by molar-refractivity contribution is 14.1. The predicted octanol–water partition coefficient (Wildman–Crippen LogP) is 5.90. The van der Waals surface area contributed by atoms with E-state index in [1.807, 2.05) is 36.4 Å². The number of carbonyl (C=O) groups is 2. The third-order valence-electron chi connectivity index (χ3n) is 4.20. The van der Waals surface area contributed by atoms with Crippen LogP contribution in [-0.2, 0) is 9.47 Å². The highest BCUT2D eigenvalue weighted by Gasteiger charge is 2.16. The maximum Gasteiger partial charge on any atom is 0.355 e.